The van der Waals surface area contributed by atoms with Gasteiger partial charge in [0.1, 0.15) is 11.9 Å². The van der Waals surface area contributed by atoms with Crippen LogP contribution in [0.15, 0.2) is 42.5 Å². The molecule has 0 aliphatic carbocycles. The molecule has 2 atom stereocenters. The van der Waals surface area contributed by atoms with Crippen molar-refractivity contribution in [3.63, 3.8) is 0 Å². The molecule has 1 saturated heterocycles. The Morgan fingerprint density at radius 1 is 1.26 bits per heavy atom. The van der Waals surface area contributed by atoms with Crippen molar-refractivity contribution in [3.8, 4) is 0 Å². The minimum atomic E-state index is -0.461. The maximum Gasteiger partial charge on any atom is 0.243 e. The summed E-state index contributed by atoms with van der Waals surface area (Å²) >= 11 is 6.18. The summed E-state index contributed by atoms with van der Waals surface area (Å²) in [6, 6.07) is 11.7. The van der Waals surface area contributed by atoms with Gasteiger partial charge in [0.15, 0.2) is 0 Å². The summed E-state index contributed by atoms with van der Waals surface area (Å²) in [7, 11) is 0. The van der Waals surface area contributed by atoms with E-state index >= 15 is 0 Å². The van der Waals surface area contributed by atoms with Gasteiger partial charge in [0.05, 0.1) is 5.69 Å². The molecule has 1 fully saturated rings. The molecular formula is C17H17ClFN3O. The molecule has 0 spiro atoms. The lowest BCUT2D eigenvalue weighted by Crippen LogP contribution is -2.39. The molecule has 2 aromatic rings. The number of nitrogens with one attached hydrogen (secondary N) is 3. The normalized spacial score (nSPS) is 20.5. The number of benzene rings is 2. The molecule has 2 unspecified atom stereocenters. The first-order valence-corrected chi connectivity index (χ1v) is 7.75. The van der Waals surface area contributed by atoms with Crippen LogP contribution in [0.25, 0.3) is 0 Å². The third kappa shape index (κ3) is 3.52. The van der Waals surface area contributed by atoms with Crippen LogP contribution in [0.1, 0.15) is 23.6 Å². The molecule has 0 bridgehead atoms. The van der Waals surface area contributed by atoms with E-state index in [1.807, 2.05) is 24.3 Å². The molecule has 23 heavy (non-hydrogen) atoms. The van der Waals surface area contributed by atoms with Crippen molar-refractivity contribution >= 4 is 23.2 Å². The smallest absolute Gasteiger partial charge is 0.243 e. The van der Waals surface area contributed by atoms with E-state index in [4.69, 9.17) is 11.6 Å². The maximum atomic E-state index is 13.8. The second kappa shape index (κ2) is 6.66. The summed E-state index contributed by atoms with van der Waals surface area (Å²) in [5.74, 6) is -0.721. The molecule has 1 amide bonds. The van der Waals surface area contributed by atoms with Crippen molar-refractivity contribution < 1.29 is 9.18 Å². The van der Waals surface area contributed by atoms with E-state index in [-0.39, 0.29) is 17.6 Å². The Hall–Kier alpha value is -1.95. The fourth-order valence-corrected chi connectivity index (χ4v) is 2.90. The standard InChI is InChI=1S/C17H17ClFN3O/c1-10-6-7-14(13(19)8-10)20-17(23)16-9-15(21-22-16)11-4-2-3-5-12(11)18/h2-8,15-16,21-22H,9H2,1H3,(H,20,23). The van der Waals surface area contributed by atoms with E-state index in [0.29, 0.717) is 11.4 Å². The molecule has 0 radical (unpaired) electrons. The number of halogens is 2. The van der Waals surface area contributed by atoms with Crippen LogP contribution in [-0.4, -0.2) is 11.9 Å². The monoisotopic (exact) mass is 333 g/mol. The third-order valence-corrected chi connectivity index (χ3v) is 4.23. The number of carbonyl (C=O) groups excluding carboxylic acids is 1. The lowest BCUT2D eigenvalue weighted by molar-refractivity contribution is -0.117. The molecule has 3 rings (SSSR count). The second-order valence-corrected chi connectivity index (χ2v) is 6.03. The quantitative estimate of drug-likeness (QED) is 0.807. The van der Waals surface area contributed by atoms with Crippen molar-refractivity contribution in [2.45, 2.75) is 25.4 Å². The van der Waals surface area contributed by atoms with E-state index in [0.717, 1.165) is 11.1 Å². The molecule has 1 aliphatic rings. The predicted octanol–water partition coefficient (Wildman–Crippen LogP) is 3.33. The molecule has 1 aliphatic heterocycles. The average molecular weight is 334 g/mol. The van der Waals surface area contributed by atoms with Crippen LogP contribution in [0, 0.1) is 12.7 Å². The first kappa shape index (κ1) is 15.9. The first-order chi connectivity index (χ1) is 11.0. The molecule has 1 heterocycles. The van der Waals surface area contributed by atoms with E-state index < -0.39 is 11.9 Å². The maximum absolute atomic E-state index is 13.8. The number of carbonyl (C=O) groups is 1. The second-order valence-electron chi connectivity index (χ2n) is 5.62. The summed E-state index contributed by atoms with van der Waals surface area (Å²) in [6.07, 6.45) is 0.531. The number of amides is 1. The van der Waals surface area contributed by atoms with Gasteiger partial charge in [0, 0.05) is 11.1 Å². The van der Waals surface area contributed by atoms with Crippen molar-refractivity contribution in [1.82, 2.24) is 10.9 Å². The fraction of sp³-hybridized carbons (Fsp3) is 0.235. The molecule has 0 saturated carbocycles. The summed E-state index contributed by atoms with van der Waals surface area (Å²) in [5, 5.41) is 3.27. The van der Waals surface area contributed by atoms with Gasteiger partial charge in [-0.3, -0.25) is 4.79 Å². The Morgan fingerprint density at radius 2 is 2.04 bits per heavy atom. The van der Waals surface area contributed by atoms with Gasteiger partial charge in [-0.05, 0) is 42.7 Å². The summed E-state index contributed by atoms with van der Waals surface area (Å²) in [5.41, 5.74) is 7.92. The van der Waals surface area contributed by atoms with Crippen LogP contribution in [0.5, 0.6) is 0 Å². The highest BCUT2D eigenvalue weighted by Crippen LogP contribution is 2.28. The molecule has 3 N–H and O–H groups in total. The highest BCUT2D eigenvalue weighted by molar-refractivity contribution is 6.31. The minimum Gasteiger partial charge on any atom is -0.322 e. The number of rotatable bonds is 3. The molecule has 120 valence electrons. The lowest BCUT2D eigenvalue weighted by atomic mass is 10.0. The SMILES string of the molecule is Cc1ccc(NC(=O)C2CC(c3ccccc3Cl)NN2)c(F)c1. The van der Waals surface area contributed by atoms with E-state index in [2.05, 4.69) is 16.2 Å². The van der Waals surface area contributed by atoms with Crippen molar-refractivity contribution in [3.05, 3.63) is 64.4 Å². The van der Waals surface area contributed by atoms with E-state index in [1.165, 1.54) is 6.07 Å². The van der Waals surface area contributed by atoms with Gasteiger partial charge in [-0.1, -0.05) is 35.9 Å². The first-order valence-electron chi connectivity index (χ1n) is 7.37. The molecule has 6 heteroatoms. The van der Waals surface area contributed by atoms with Gasteiger partial charge < -0.3 is 5.32 Å². The van der Waals surface area contributed by atoms with Crippen molar-refractivity contribution in [2.75, 3.05) is 5.32 Å². The van der Waals surface area contributed by atoms with Crippen molar-refractivity contribution in [1.29, 1.82) is 0 Å². The molecule has 0 aromatic heterocycles. The van der Waals surface area contributed by atoms with Crippen LogP contribution >= 0.6 is 11.6 Å². The van der Waals surface area contributed by atoms with Crippen LogP contribution in [0.2, 0.25) is 5.02 Å². The van der Waals surface area contributed by atoms with Gasteiger partial charge in [-0.15, -0.1) is 0 Å². The van der Waals surface area contributed by atoms with Gasteiger partial charge in [0.25, 0.3) is 0 Å². The molecular weight excluding hydrogens is 317 g/mol. The Balaban J connectivity index is 1.67. The Bertz CT molecular complexity index is 738. The number of hydrogen-bond donors (Lipinski definition) is 3. The van der Waals surface area contributed by atoms with Crippen LogP contribution in [0.3, 0.4) is 0 Å². The minimum absolute atomic E-state index is 0.0673. The zero-order chi connectivity index (χ0) is 16.4. The summed E-state index contributed by atoms with van der Waals surface area (Å²) in [4.78, 5) is 12.3. The number of hydrogen-bond acceptors (Lipinski definition) is 3. The van der Waals surface area contributed by atoms with Gasteiger partial charge in [-0.25, -0.2) is 15.2 Å². The highest BCUT2D eigenvalue weighted by atomic mass is 35.5. The number of aryl methyl sites for hydroxylation is 1. The largest absolute Gasteiger partial charge is 0.322 e. The third-order valence-electron chi connectivity index (χ3n) is 3.88. The predicted molar refractivity (Wildman–Crippen MR) is 88.6 cm³/mol. The zero-order valence-electron chi connectivity index (χ0n) is 12.6. The lowest BCUT2D eigenvalue weighted by Gasteiger charge is -2.12. The van der Waals surface area contributed by atoms with E-state index in [1.54, 1.807) is 19.1 Å². The number of hydrazine groups is 1. The van der Waals surface area contributed by atoms with Crippen LogP contribution in [-0.2, 0) is 4.79 Å². The van der Waals surface area contributed by atoms with Crippen molar-refractivity contribution in [2.24, 2.45) is 0 Å². The zero-order valence-corrected chi connectivity index (χ0v) is 13.3. The number of anilines is 1. The average Bonchev–Trinajstić information content (AvgIpc) is 3.00. The fourth-order valence-electron chi connectivity index (χ4n) is 2.63. The molecule has 4 nitrogen and oxygen atoms in total. The van der Waals surface area contributed by atoms with Gasteiger partial charge in [0.2, 0.25) is 5.91 Å². The topological polar surface area (TPSA) is 53.2 Å². The Morgan fingerprint density at radius 3 is 2.78 bits per heavy atom. The highest BCUT2D eigenvalue weighted by Gasteiger charge is 2.31. The van der Waals surface area contributed by atoms with Crippen LogP contribution in [0.4, 0.5) is 10.1 Å². The van der Waals surface area contributed by atoms with Crippen LogP contribution < -0.4 is 16.2 Å². The van der Waals surface area contributed by atoms with Gasteiger partial charge in [-0.2, -0.15) is 0 Å². The Kier molecular flexibility index (Phi) is 4.61. The van der Waals surface area contributed by atoms with Gasteiger partial charge >= 0.3 is 0 Å². The summed E-state index contributed by atoms with van der Waals surface area (Å²) in [6.45, 7) is 1.80. The summed E-state index contributed by atoms with van der Waals surface area (Å²) < 4.78 is 13.8. The van der Waals surface area contributed by atoms with E-state index in [9.17, 15) is 9.18 Å². The molecule has 2 aromatic carbocycles. The Labute approximate surface area is 139 Å².